The second-order valence-electron chi connectivity index (χ2n) is 6.70. The largest absolute Gasteiger partial charge is 0.345 e. The van der Waals surface area contributed by atoms with Gasteiger partial charge in [-0.2, -0.15) is 0 Å². The Balaban J connectivity index is 1.79. The molecular weight excluding hydrogens is 355 g/mol. The maximum atomic E-state index is 12.2. The monoisotopic (exact) mass is 376 g/mol. The van der Waals surface area contributed by atoms with Crippen molar-refractivity contribution in [3.63, 3.8) is 0 Å². The minimum absolute atomic E-state index is 0.0318. The molecule has 2 aromatic carbocycles. The maximum Gasteiger partial charge on any atom is 0.253 e. The van der Waals surface area contributed by atoms with E-state index in [1.54, 1.807) is 19.0 Å². The molecule has 3 rings (SSSR count). The standard InChI is InChI=1S/C20H22Cl2N2O/c1-23(2)20(25)16-6-3-5-14(11-16)13-24-10-4-7-19(24)15-8-9-17(21)18(22)12-15/h3,5-6,8-9,11-12,19H,4,7,10,13H2,1-2H3. The number of benzene rings is 2. The molecule has 1 heterocycles. The number of halogens is 2. The minimum Gasteiger partial charge on any atom is -0.345 e. The topological polar surface area (TPSA) is 23.6 Å². The number of hydrogen-bond donors (Lipinski definition) is 0. The van der Waals surface area contributed by atoms with Crippen LogP contribution < -0.4 is 0 Å². The molecule has 5 heteroatoms. The number of amides is 1. The molecule has 1 atom stereocenters. The molecule has 1 aliphatic rings. The van der Waals surface area contributed by atoms with Crippen LogP contribution in [0.15, 0.2) is 42.5 Å². The van der Waals surface area contributed by atoms with Gasteiger partial charge in [0.2, 0.25) is 0 Å². The number of rotatable bonds is 4. The first-order valence-corrected chi connectivity index (χ1v) is 9.21. The molecule has 1 amide bonds. The Labute approximate surface area is 159 Å². The molecule has 25 heavy (non-hydrogen) atoms. The summed E-state index contributed by atoms with van der Waals surface area (Å²) >= 11 is 12.2. The lowest BCUT2D eigenvalue weighted by molar-refractivity contribution is 0.0827. The molecular formula is C20H22Cl2N2O. The SMILES string of the molecule is CN(C)C(=O)c1cccc(CN2CCCC2c2ccc(Cl)c(Cl)c2)c1. The van der Waals surface area contributed by atoms with Crippen LogP contribution in [0.25, 0.3) is 0 Å². The summed E-state index contributed by atoms with van der Waals surface area (Å²) in [4.78, 5) is 16.2. The normalized spacial score (nSPS) is 17.7. The van der Waals surface area contributed by atoms with Crippen molar-refractivity contribution in [1.29, 1.82) is 0 Å². The van der Waals surface area contributed by atoms with Gasteiger partial charge in [0, 0.05) is 32.2 Å². The van der Waals surface area contributed by atoms with Gasteiger partial charge in [-0.05, 0) is 54.8 Å². The van der Waals surface area contributed by atoms with Crippen LogP contribution in [0.1, 0.15) is 40.4 Å². The van der Waals surface area contributed by atoms with Gasteiger partial charge >= 0.3 is 0 Å². The van der Waals surface area contributed by atoms with E-state index in [9.17, 15) is 4.79 Å². The molecule has 1 fully saturated rings. The van der Waals surface area contributed by atoms with Gasteiger partial charge in [0.1, 0.15) is 0 Å². The number of carbonyl (C=O) groups is 1. The zero-order valence-corrected chi connectivity index (χ0v) is 16.0. The van der Waals surface area contributed by atoms with Gasteiger partial charge in [-0.3, -0.25) is 9.69 Å². The van der Waals surface area contributed by atoms with Crippen LogP contribution >= 0.6 is 23.2 Å². The van der Waals surface area contributed by atoms with Gasteiger partial charge in [0.25, 0.3) is 5.91 Å². The lowest BCUT2D eigenvalue weighted by Crippen LogP contribution is -2.24. The summed E-state index contributed by atoms with van der Waals surface area (Å²) in [6.07, 6.45) is 2.26. The van der Waals surface area contributed by atoms with Crippen molar-refractivity contribution in [3.8, 4) is 0 Å². The summed E-state index contributed by atoms with van der Waals surface area (Å²) in [5.41, 5.74) is 3.08. The highest BCUT2D eigenvalue weighted by Gasteiger charge is 2.26. The average molecular weight is 377 g/mol. The molecule has 0 radical (unpaired) electrons. The first-order valence-electron chi connectivity index (χ1n) is 8.45. The molecule has 1 saturated heterocycles. The van der Waals surface area contributed by atoms with E-state index in [0.717, 1.165) is 37.1 Å². The molecule has 0 aliphatic carbocycles. The quantitative estimate of drug-likeness (QED) is 0.746. The molecule has 0 aromatic heterocycles. The molecule has 0 bridgehead atoms. The van der Waals surface area contributed by atoms with Gasteiger partial charge in [-0.15, -0.1) is 0 Å². The van der Waals surface area contributed by atoms with Crippen LogP contribution in [-0.4, -0.2) is 36.3 Å². The van der Waals surface area contributed by atoms with Crippen molar-refractivity contribution >= 4 is 29.1 Å². The summed E-state index contributed by atoms with van der Waals surface area (Å²) in [5, 5.41) is 1.19. The van der Waals surface area contributed by atoms with Crippen molar-refractivity contribution in [1.82, 2.24) is 9.80 Å². The van der Waals surface area contributed by atoms with Crippen LogP contribution in [-0.2, 0) is 6.54 Å². The Bertz CT molecular complexity index is 776. The number of nitrogens with zero attached hydrogens (tertiary/aromatic N) is 2. The third kappa shape index (κ3) is 4.17. The fraction of sp³-hybridized carbons (Fsp3) is 0.350. The molecule has 1 unspecified atom stereocenters. The van der Waals surface area contributed by atoms with Crippen molar-refractivity contribution in [2.24, 2.45) is 0 Å². The van der Waals surface area contributed by atoms with E-state index in [0.29, 0.717) is 16.1 Å². The Hall–Kier alpha value is -1.55. The predicted molar refractivity (Wildman–Crippen MR) is 103 cm³/mol. The van der Waals surface area contributed by atoms with Crippen molar-refractivity contribution in [2.75, 3.05) is 20.6 Å². The Morgan fingerprint density at radius 3 is 2.68 bits per heavy atom. The maximum absolute atomic E-state index is 12.2. The van der Waals surface area contributed by atoms with Gasteiger partial charge < -0.3 is 4.90 Å². The van der Waals surface area contributed by atoms with Crippen molar-refractivity contribution in [2.45, 2.75) is 25.4 Å². The summed E-state index contributed by atoms with van der Waals surface area (Å²) in [5.74, 6) is 0.0318. The summed E-state index contributed by atoms with van der Waals surface area (Å²) < 4.78 is 0. The second kappa shape index (κ2) is 7.77. The van der Waals surface area contributed by atoms with Crippen LogP contribution in [0.3, 0.4) is 0 Å². The summed E-state index contributed by atoms with van der Waals surface area (Å²) in [6, 6.07) is 14.1. The highest BCUT2D eigenvalue weighted by Crippen LogP contribution is 2.35. The highest BCUT2D eigenvalue weighted by molar-refractivity contribution is 6.42. The summed E-state index contributed by atoms with van der Waals surface area (Å²) in [7, 11) is 3.55. The third-order valence-electron chi connectivity index (χ3n) is 4.66. The third-order valence-corrected chi connectivity index (χ3v) is 5.40. The number of likely N-dealkylation sites (tertiary alicyclic amines) is 1. The molecule has 2 aromatic rings. The van der Waals surface area contributed by atoms with Crippen LogP contribution in [0, 0.1) is 0 Å². The molecule has 3 nitrogen and oxygen atoms in total. The van der Waals surface area contributed by atoms with E-state index in [1.165, 1.54) is 5.56 Å². The van der Waals surface area contributed by atoms with E-state index in [4.69, 9.17) is 23.2 Å². The predicted octanol–water partition coefficient (Wildman–Crippen LogP) is 5.03. The number of hydrogen-bond acceptors (Lipinski definition) is 2. The summed E-state index contributed by atoms with van der Waals surface area (Å²) in [6.45, 7) is 1.86. The van der Waals surface area contributed by atoms with Crippen molar-refractivity contribution in [3.05, 3.63) is 69.2 Å². The van der Waals surface area contributed by atoms with Gasteiger partial charge in [0.15, 0.2) is 0 Å². The van der Waals surface area contributed by atoms with Crippen molar-refractivity contribution < 1.29 is 4.79 Å². The lowest BCUT2D eigenvalue weighted by atomic mass is 10.0. The Morgan fingerprint density at radius 2 is 1.96 bits per heavy atom. The van der Waals surface area contributed by atoms with Crippen LogP contribution in [0.4, 0.5) is 0 Å². The number of carbonyl (C=O) groups excluding carboxylic acids is 1. The first kappa shape index (κ1) is 18.2. The molecule has 0 N–H and O–H groups in total. The zero-order chi connectivity index (χ0) is 18.0. The van der Waals surface area contributed by atoms with Gasteiger partial charge in [-0.25, -0.2) is 0 Å². The van der Waals surface area contributed by atoms with E-state index in [-0.39, 0.29) is 5.91 Å². The van der Waals surface area contributed by atoms with Crippen LogP contribution in [0.5, 0.6) is 0 Å². The van der Waals surface area contributed by atoms with Gasteiger partial charge in [0.05, 0.1) is 10.0 Å². The fourth-order valence-corrected chi connectivity index (χ4v) is 3.71. The highest BCUT2D eigenvalue weighted by atomic mass is 35.5. The minimum atomic E-state index is 0.0318. The second-order valence-corrected chi connectivity index (χ2v) is 7.52. The average Bonchev–Trinajstić information content (AvgIpc) is 3.05. The smallest absolute Gasteiger partial charge is 0.253 e. The Kier molecular flexibility index (Phi) is 5.67. The van der Waals surface area contributed by atoms with E-state index >= 15 is 0 Å². The molecule has 0 saturated carbocycles. The Morgan fingerprint density at radius 1 is 1.16 bits per heavy atom. The zero-order valence-electron chi connectivity index (χ0n) is 14.5. The lowest BCUT2D eigenvalue weighted by Gasteiger charge is -2.25. The van der Waals surface area contributed by atoms with E-state index in [2.05, 4.69) is 17.0 Å². The molecule has 132 valence electrons. The molecule has 0 spiro atoms. The van der Waals surface area contributed by atoms with Gasteiger partial charge in [-0.1, -0.05) is 41.4 Å². The van der Waals surface area contributed by atoms with E-state index in [1.807, 2.05) is 30.3 Å². The first-order chi connectivity index (χ1) is 12.0. The molecule has 1 aliphatic heterocycles. The van der Waals surface area contributed by atoms with E-state index < -0.39 is 0 Å². The fourth-order valence-electron chi connectivity index (χ4n) is 3.41. The van der Waals surface area contributed by atoms with Crippen LogP contribution in [0.2, 0.25) is 10.0 Å².